The fourth-order valence-electron chi connectivity index (χ4n) is 5.76. The van der Waals surface area contributed by atoms with Crippen LogP contribution in [0.3, 0.4) is 0 Å². The Hall–Kier alpha value is -3.19. The van der Waals surface area contributed by atoms with Crippen LogP contribution < -0.4 is 10.4 Å². The molecule has 1 saturated heterocycles. The van der Waals surface area contributed by atoms with Gasteiger partial charge >= 0.3 is 5.63 Å². The monoisotopic (exact) mass is 493 g/mol. The van der Waals surface area contributed by atoms with Gasteiger partial charge in [-0.05, 0) is 56.9 Å². The Labute approximate surface area is 209 Å². The quantitative estimate of drug-likeness (QED) is 0.516. The SMILES string of the molecule is Cc1c(CC(=O)N2CC[C@@]3(O)CCCC[C@H]3C2)c(=O)oc2c(C)c(OCc3ccccc3F)ccc12. The van der Waals surface area contributed by atoms with E-state index in [-0.39, 0.29) is 30.7 Å². The van der Waals surface area contributed by atoms with Gasteiger partial charge in [0.25, 0.3) is 0 Å². The van der Waals surface area contributed by atoms with Gasteiger partial charge in [0.15, 0.2) is 0 Å². The molecule has 0 spiro atoms. The van der Waals surface area contributed by atoms with E-state index in [4.69, 9.17) is 9.15 Å². The van der Waals surface area contributed by atoms with Crippen molar-refractivity contribution in [3.8, 4) is 5.75 Å². The molecule has 5 rings (SSSR count). The van der Waals surface area contributed by atoms with E-state index in [1.165, 1.54) is 6.07 Å². The molecule has 190 valence electrons. The number of hydrogen-bond acceptors (Lipinski definition) is 5. The highest BCUT2D eigenvalue weighted by Gasteiger charge is 2.43. The Morgan fingerprint density at radius 1 is 1.17 bits per heavy atom. The molecule has 1 saturated carbocycles. The van der Waals surface area contributed by atoms with Crippen molar-refractivity contribution in [2.24, 2.45) is 5.92 Å². The Kier molecular flexibility index (Phi) is 6.60. The summed E-state index contributed by atoms with van der Waals surface area (Å²) >= 11 is 0. The van der Waals surface area contributed by atoms with Crippen molar-refractivity contribution in [3.63, 3.8) is 0 Å². The normalized spacial score (nSPS) is 21.9. The number of hydrogen-bond donors (Lipinski definition) is 1. The average Bonchev–Trinajstić information content (AvgIpc) is 2.86. The Balaban J connectivity index is 1.35. The number of halogens is 1. The van der Waals surface area contributed by atoms with Crippen LogP contribution in [0.5, 0.6) is 5.75 Å². The van der Waals surface area contributed by atoms with Crippen molar-refractivity contribution >= 4 is 16.9 Å². The standard InChI is InChI=1S/C29H32FNO5/c1-18-22-10-11-25(35-17-20-7-3-4-9-24(20)30)19(2)27(22)36-28(33)23(18)15-26(32)31-14-13-29(34)12-6-5-8-21(29)16-31/h3-4,7,9-11,21,34H,5-6,8,12-17H2,1-2H3/t21-,29-/m0/s1. The fraction of sp³-hybridized carbons (Fsp3) is 0.448. The molecule has 36 heavy (non-hydrogen) atoms. The highest BCUT2D eigenvalue weighted by atomic mass is 19.1. The molecule has 2 aromatic carbocycles. The van der Waals surface area contributed by atoms with Crippen molar-refractivity contribution in [3.05, 3.63) is 74.9 Å². The molecule has 1 aliphatic heterocycles. The van der Waals surface area contributed by atoms with Crippen molar-refractivity contribution in [1.29, 1.82) is 0 Å². The summed E-state index contributed by atoms with van der Waals surface area (Å²) in [7, 11) is 0. The summed E-state index contributed by atoms with van der Waals surface area (Å²) in [5.41, 5.74) is 1.37. The molecule has 7 heteroatoms. The second-order valence-electron chi connectivity index (χ2n) is 10.3. The summed E-state index contributed by atoms with van der Waals surface area (Å²) in [6, 6.07) is 10.0. The maximum absolute atomic E-state index is 14.0. The molecule has 0 radical (unpaired) electrons. The van der Waals surface area contributed by atoms with Gasteiger partial charge in [-0.1, -0.05) is 31.0 Å². The first-order chi connectivity index (χ1) is 17.3. The predicted molar refractivity (Wildman–Crippen MR) is 134 cm³/mol. The lowest BCUT2D eigenvalue weighted by molar-refractivity contribution is -0.142. The van der Waals surface area contributed by atoms with E-state index in [1.807, 2.05) is 13.0 Å². The summed E-state index contributed by atoms with van der Waals surface area (Å²) in [6.07, 6.45) is 4.40. The maximum atomic E-state index is 14.0. The van der Waals surface area contributed by atoms with Crippen LogP contribution in [0, 0.1) is 25.6 Å². The second-order valence-corrected chi connectivity index (χ2v) is 10.3. The molecule has 1 aromatic heterocycles. The summed E-state index contributed by atoms with van der Waals surface area (Å²) in [5.74, 6) is 0.155. The Morgan fingerprint density at radius 3 is 2.78 bits per heavy atom. The van der Waals surface area contributed by atoms with E-state index in [1.54, 1.807) is 36.1 Å². The van der Waals surface area contributed by atoms with Crippen LogP contribution in [-0.4, -0.2) is 34.6 Å². The van der Waals surface area contributed by atoms with E-state index in [0.29, 0.717) is 53.1 Å². The van der Waals surface area contributed by atoms with E-state index in [0.717, 1.165) is 31.1 Å². The van der Waals surface area contributed by atoms with E-state index in [2.05, 4.69) is 0 Å². The second kappa shape index (κ2) is 9.69. The fourth-order valence-corrected chi connectivity index (χ4v) is 5.76. The number of amides is 1. The number of aryl methyl sites for hydroxylation is 2. The van der Waals surface area contributed by atoms with Crippen molar-refractivity contribution in [2.75, 3.05) is 13.1 Å². The number of piperidine rings is 1. The van der Waals surface area contributed by atoms with Gasteiger partial charge < -0.3 is 19.2 Å². The largest absolute Gasteiger partial charge is 0.488 e. The Bertz CT molecular complexity index is 1370. The lowest BCUT2D eigenvalue weighted by Gasteiger charge is -2.47. The summed E-state index contributed by atoms with van der Waals surface area (Å²) < 4.78 is 25.5. The van der Waals surface area contributed by atoms with Gasteiger partial charge in [-0.3, -0.25) is 4.79 Å². The van der Waals surface area contributed by atoms with Gasteiger partial charge in [0, 0.05) is 35.5 Å². The highest BCUT2D eigenvalue weighted by molar-refractivity contribution is 5.87. The first-order valence-corrected chi connectivity index (χ1v) is 12.7. The molecule has 0 unspecified atom stereocenters. The zero-order chi connectivity index (χ0) is 25.4. The molecule has 1 N–H and O–H groups in total. The van der Waals surface area contributed by atoms with Gasteiger partial charge in [-0.2, -0.15) is 0 Å². The summed E-state index contributed by atoms with van der Waals surface area (Å²) in [6.45, 7) is 4.73. The number of nitrogens with zero attached hydrogens (tertiary/aromatic N) is 1. The minimum absolute atomic E-state index is 0.0279. The van der Waals surface area contributed by atoms with Gasteiger partial charge in [-0.25, -0.2) is 9.18 Å². The lowest BCUT2D eigenvalue weighted by Crippen LogP contribution is -2.55. The van der Waals surface area contributed by atoms with Crippen LogP contribution in [-0.2, 0) is 17.8 Å². The minimum Gasteiger partial charge on any atom is -0.488 e. The van der Waals surface area contributed by atoms with Crippen LogP contribution in [0.2, 0.25) is 0 Å². The number of likely N-dealkylation sites (tertiary alicyclic amines) is 1. The number of fused-ring (bicyclic) bond motifs is 2. The number of carbonyl (C=O) groups is 1. The highest BCUT2D eigenvalue weighted by Crippen LogP contribution is 2.40. The molecule has 2 atom stereocenters. The molecule has 2 heterocycles. The molecule has 1 aliphatic carbocycles. The topological polar surface area (TPSA) is 80.0 Å². The van der Waals surface area contributed by atoms with Crippen LogP contribution in [0.1, 0.15) is 54.4 Å². The number of benzene rings is 2. The molecular formula is C29H32FNO5. The molecule has 2 aliphatic rings. The lowest BCUT2D eigenvalue weighted by atomic mass is 9.71. The average molecular weight is 494 g/mol. The maximum Gasteiger partial charge on any atom is 0.340 e. The summed E-state index contributed by atoms with van der Waals surface area (Å²) in [4.78, 5) is 27.9. The smallest absolute Gasteiger partial charge is 0.340 e. The van der Waals surface area contributed by atoms with Gasteiger partial charge in [0.2, 0.25) is 5.91 Å². The third kappa shape index (κ3) is 4.52. The van der Waals surface area contributed by atoms with Crippen LogP contribution in [0.15, 0.2) is 45.6 Å². The van der Waals surface area contributed by atoms with Crippen LogP contribution >= 0.6 is 0 Å². The molecular weight excluding hydrogens is 461 g/mol. The van der Waals surface area contributed by atoms with Crippen LogP contribution in [0.25, 0.3) is 11.0 Å². The van der Waals surface area contributed by atoms with Crippen molar-refractivity contribution in [1.82, 2.24) is 4.90 Å². The Morgan fingerprint density at radius 2 is 1.97 bits per heavy atom. The molecule has 6 nitrogen and oxygen atoms in total. The van der Waals surface area contributed by atoms with Crippen LogP contribution in [0.4, 0.5) is 4.39 Å². The van der Waals surface area contributed by atoms with E-state index in [9.17, 15) is 19.1 Å². The van der Waals surface area contributed by atoms with Gasteiger partial charge in [0.05, 0.1) is 17.6 Å². The number of carbonyl (C=O) groups excluding carboxylic acids is 1. The number of aliphatic hydroxyl groups is 1. The van der Waals surface area contributed by atoms with Gasteiger partial charge in [0.1, 0.15) is 23.8 Å². The zero-order valence-electron chi connectivity index (χ0n) is 20.8. The third-order valence-electron chi connectivity index (χ3n) is 8.10. The first kappa shape index (κ1) is 24.5. The first-order valence-electron chi connectivity index (χ1n) is 12.7. The number of rotatable bonds is 5. The van der Waals surface area contributed by atoms with E-state index >= 15 is 0 Å². The van der Waals surface area contributed by atoms with E-state index < -0.39 is 11.2 Å². The molecule has 1 amide bonds. The minimum atomic E-state index is -0.656. The molecule has 0 bridgehead atoms. The molecule has 2 fully saturated rings. The summed E-state index contributed by atoms with van der Waals surface area (Å²) in [5, 5.41) is 11.7. The zero-order valence-corrected chi connectivity index (χ0v) is 20.8. The van der Waals surface area contributed by atoms with Gasteiger partial charge in [-0.15, -0.1) is 0 Å². The van der Waals surface area contributed by atoms with Crippen molar-refractivity contribution < 1.29 is 23.4 Å². The third-order valence-corrected chi connectivity index (χ3v) is 8.10. The number of ether oxygens (including phenoxy) is 1. The molecule has 3 aromatic rings. The predicted octanol–water partition coefficient (Wildman–Crippen LogP) is 4.82. The van der Waals surface area contributed by atoms with Crippen molar-refractivity contribution in [2.45, 2.75) is 64.6 Å².